The zero-order valence-corrected chi connectivity index (χ0v) is 10.5. The molecular weight excluding hydrogens is 259 g/mol. The number of ether oxygens (including phenoxy) is 1. The van der Waals surface area contributed by atoms with Crippen LogP contribution in [0.2, 0.25) is 0 Å². The van der Waals surface area contributed by atoms with Gasteiger partial charge in [0.05, 0.1) is 18.7 Å². The minimum absolute atomic E-state index is 0.175. The molecule has 20 heavy (non-hydrogen) atoms. The van der Waals surface area contributed by atoms with Crippen LogP contribution in [0.15, 0.2) is 36.5 Å². The fraction of sp³-hybridized carbons (Fsp3) is 0.0714. The zero-order chi connectivity index (χ0) is 14.1. The normalized spacial score (nSPS) is 10.4. The summed E-state index contributed by atoms with van der Waals surface area (Å²) in [6, 6.07) is 9.89. The van der Waals surface area contributed by atoms with Gasteiger partial charge in [-0.2, -0.15) is 5.26 Å². The Kier molecular flexibility index (Phi) is 2.80. The predicted molar refractivity (Wildman–Crippen MR) is 69.6 cm³/mol. The third-order valence-electron chi connectivity index (χ3n) is 2.95. The van der Waals surface area contributed by atoms with Crippen molar-refractivity contribution in [1.29, 1.82) is 5.26 Å². The number of nitrogens with zero attached hydrogens (tertiary/aromatic N) is 4. The quantitative estimate of drug-likeness (QED) is 0.716. The Morgan fingerprint density at radius 3 is 2.80 bits per heavy atom. The van der Waals surface area contributed by atoms with E-state index in [2.05, 4.69) is 10.2 Å². The first-order valence-electron chi connectivity index (χ1n) is 5.81. The molecule has 3 rings (SSSR count). The molecule has 0 atom stereocenters. The molecule has 3 aromatic rings. The average Bonchev–Trinajstić information content (AvgIpc) is 2.90. The van der Waals surface area contributed by atoms with E-state index in [9.17, 15) is 4.39 Å². The summed E-state index contributed by atoms with van der Waals surface area (Å²) in [6.07, 6.45) is 1.69. The molecule has 0 saturated heterocycles. The van der Waals surface area contributed by atoms with E-state index in [1.54, 1.807) is 28.8 Å². The lowest BCUT2D eigenvalue weighted by Crippen LogP contribution is -1.92. The lowest BCUT2D eigenvalue weighted by molar-refractivity contribution is 0.386. The number of pyridine rings is 1. The molecule has 0 aliphatic carbocycles. The third-order valence-corrected chi connectivity index (χ3v) is 2.95. The van der Waals surface area contributed by atoms with E-state index in [0.717, 1.165) is 0 Å². The Morgan fingerprint density at radius 2 is 2.10 bits per heavy atom. The van der Waals surface area contributed by atoms with Crippen molar-refractivity contribution < 1.29 is 9.13 Å². The third kappa shape index (κ3) is 1.86. The first-order valence-corrected chi connectivity index (χ1v) is 5.81. The first kappa shape index (κ1) is 12.1. The number of fused-ring (bicyclic) bond motifs is 1. The van der Waals surface area contributed by atoms with Crippen molar-refractivity contribution in [1.82, 2.24) is 14.6 Å². The highest BCUT2D eigenvalue weighted by molar-refractivity contribution is 5.61. The number of halogens is 1. The highest BCUT2D eigenvalue weighted by atomic mass is 19.1. The van der Waals surface area contributed by atoms with Crippen molar-refractivity contribution in [3.63, 3.8) is 0 Å². The van der Waals surface area contributed by atoms with Crippen LogP contribution in [-0.2, 0) is 0 Å². The maximum atomic E-state index is 13.7. The largest absolute Gasteiger partial charge is 0.494 e. The van der Waals surface area contributed by atoms with Gasteiger partial charge in [-0.15, -0.1) is 10.2 Å². The van der Waals surface area contributed by atoms with E-state index >= 15 is 0 Å². The van der Waals surface area contributed by atoms with Gasteiger partial charge in [-0.3, -0.25) is 4.40 Å². The maximum absolute atomic E-state index is 13.7. The van der Waals surface area contributed by atoms with Crippen molar-refractivity contribution in [3.8, 4) is 23.2 Å². The van der Waals surface area contributed by atoms with E-state index in [1.807, 2.05) is 6.07 Å². The maximum Gasteiger partial charge on any atom is 0.168 e. The molecular formula is C14H9FN4O. The topological polar surface area (TPSA) is 63.2 Å². The molecule has 0 amide bonds. The van der Waals surface area contributed by atoms with Crippen LogP contribution in [0.5, 0.6) is 5.75 Å². The van der Waals surface area contributed by atoms with Crippen LogP contribution in [0.3, 0.4) is 0 Å². The van der Waals surface area contributed by atoms with Gasteiger partial charge in [0.1, 0.15) is 0 Å². The highest BCUT2D eigenvalue weighted by Crippen LogP contribution is 2.24. The van der Waals surface area contributed by atoms with E-state index in [4.69, 9.17) is 10.00 Å². The van der Waals surface area contributed by atoms with E-state index < -0.39 is 5.82 Å². The van der Waals surface area contributed by atoms with Crippen molar-refractivity contribution in [2.75, 3.05) is 7.11 Å². The molecule has 0 fully saturated rings. The summed E-state index contributed by atoms with van der Waals surface area (Å²) in [4.78, 5) is 0. The van der Waals surface area contributed by atoms with E-state index in [-0.39, 0.29) is 5.75 Å². The van der Waals surface area contributed by atoms with Crippen molar-refractivity contribution in [2.45, 2.75) is 0 Å². The van der Waals surface area contributed by atoms with Crippen LogP contribution in [0, 0.1) is 17.1 Å². The number of methoxy groups -OCH3 is 1. The molecule has 0 saturated carbocycles. The molecule has 6 heteroatoms. The molecule has 0 N–H and O–H groups in total. The fourth-order valence-corrected chi connectivity index (χ4v) is 1.96. The molecule has 2 aromatic heterocycles. The summed E-state index contributed by atoms with van der Waals surface area (Å²) < 4.78 is 20.3. The Balaban J connectivity index is 2.15. The average molecular weight is 268 g/mol. The molecule has 98 valence electrons. The second-order valence-corrected chi connectivity index (χ2v) is 4.13. The van der Waals surface area contributed by atoms with Gasteiger partial charge in [0.15, 0.2) is 23.0 Å². The zero-order valence-electron chi connectivity index (χ0n) is 10.5. The van der Waals surface area contributed by atoms with Crippen LogP contribution < -0.4 is 4.74 Å². The van der Waals surface area contributed by atoms with Crippen LogP contribution in [0.25, 0.3) is 17.0 Å². The van der Waals surface area contributed by atoms with Gasteiger partial charge in [0, 0.05) is 17.8 Å². The molecule has 5 nitrogen and oxygen atoms in total. The Bertz CT molecular complexity index is 835. The second-order valence-electron chi connectivity index (χ2n) is 4.13. The molecule has 2 heterocycles. The molecule has 1 aromatic carbocycles. The first-order chi connectivity index (χ1) is 9.72. The molecule has 0 radical (unpaired) electrons. The molecule has 0 bridgehead atoms. The van der Waals surface area contributed by atoms with Crippen LogP contribution >= 0.6 is 0 Å². The van der Waals surface area contributed by atoms with Gasteiger partial charge in [-0.25, -0.2) is 4.39 Å². The smallest absolute Gasteiger partial charge is 0.168 e. The van der Waals surface area contributed by atoms with Crippen LogP contribution in [-0.4, -0.2) is 21.7 Å². The van der Waals surface area contributed by atoms with Gasteiger partial charge >= 0.3 is 0 Å². The van der Waals surface area contributed by atoms with Gasteiger partial charge in [-0.1, -0.05) is 0 Å². The van der Waals surface area contributed by atoms with Crippen molar-refractivity contribution in [2.24, 2.45) is 0 Å². The number of benzene rings is 1. The number of nitriles is 1. The van der Waals surface area contributed by atoms with Crippen LogP contribution in [0.1, 0.15) is 5.56 Å². The van der Waals surface area contributed by atoms with E-state index in [0.29, 0.717) is 22.6 Å². The Morgan fingerprint density at radius 1 is 1.25 bits per heavy atom. The summed E-state index contributed by atoms with van der Waals surface area (Å²) in [5.74, 6) is 0.218. The fourth-order valence-electron chi connectivity index (χ4n) is 1.96. The minimum atomic E-state index is -0.463. The van der Waals surface area contributed by atoms with Crippen LogP contribution in [0.4, 0.5) is 4.39 Å². The van der Waals surface area contributed by atoms with Crippen molar-refractivity contribution in [3.05, 3.63) is 47.9 Å². The summed E-state index contributed by atoms with van der Waals surface area (Å²) >= 11 is 0. The standard InChI is InChI=1S/C14H9FN4O/c1-20-12-3-2-10(7-11(12)15)14-18-17-13-6-9(8-16)4-5-19(13)14/h2-7H,1H3. The molecule has 0 aliphatic rings. The SMILES string of the molecule is COc1ccc(-c2nnc3cc(C#N)ccn23)cc1F. The minimum Gasteiger partial charge on any atom is -0.494 e. The van der Waals surface area contributed by atoms with Gasteiger partial charge in [0.2, 0.25) is 0 Å². The number of hydrogen-bond donors (Lipinski definition) is 0. The van der Waals surface area contributed by atoms with E-state index in [1.165, 1.54) is 19.2 Å². The summed E-state index contributed by atoms with van der Waals surface area (Å²) in [5, 5.41) is 16.9. The number of hydrogen-bond acceptors (Lipinski definition) is 4. The molecule has 0 spiro atoms. The lowest BCUT2D eigenvalue weighted by Gasteiger charge is -2.04. The number of rotatable bonds is 2. The van der Waals surface area contributed by atoms with Gasteiger partial charge < -0.3 is 4.74 Å². The van der Waals surface area contributed by atoms with Gasteiger partial charge in [-0.05, 0) is 24.3 Å². The van der Waals surface area contributed by atoms with Gasteiger partial charge in [0.25, 0.3) is 0 Å². The Hall–Kier alpha value is -2.94. The number of aromatic nitrogens is 3. The molecule has 0 unspecified atom stereocenters. The molecule has 0 aliphatic heterocycles. The Labute approximate surface area is 113 Å². The van der Waals surface area contributed by atoms with Crippen molar-refractivity contribution >= 4 is 5.65 Å². The summed E-state index contributed by atoms with van der Waals surface area (Å²) in [6.45, 7) is 0. The predicted octanol–water partition coefficient (Wildman–Crippen LogP) is 2.42. The summed E-state index contributed by atoms with van der Waals surface area (Å²) in [7, 11) is 1.41. The second kappa shape index (κ2) is 4.63. The monoisotopic (exact) mass is 268 g/mol. The summed E-state index contributed by atoms with van der Waals surface area (Å²) in [5.41, 5.74) is 1.62. The highest BCUT2D eigenvalue weighted by Gasteiger charge is 2.11. The lowest BCUT2D eigenvalue weighted by atomic mass is 10.2.